The minimum atomic E-state index is -0.222. The molecule has 1 aliphatic rings. The largest absolute Gasteiger partial charge is 0.456 e. The zero-order valence-electron chi connectivity index (χ0n) is 15.3. The van der Waals surface area contributed by atoms with Gasteiger partial charge in [-0.3, -0.25) is 14.5 Å². The van der Waals surface area contributed by atoms with E-state index in [9.17, 15) is 9.59 Å². The van der Waals surface area contributed by atoms with Crippen molar-refractivity contribution in [2.45, 2.75) is 0 Å². The fourth-order valence-electron chi connectivity index (χ4n) is 3.15. The molecule has 1 amide bonds. The molecule has 0 aliphatic carbocycles. The molecule has 2 aromatic carbocycles. The number of carbonyl (C=O) groups is 1. The van der Waals surface area contributed by atoms with Crippen molar-refractivity contribution in [3.8, 4) is 11.5 Å². The van der Waals surface area contributed by atoms with Crippen molar-refractivity contribution in [2.75, 3.05) is 38.2 Å². The average molecular weight is 379 g/mol. The Labute approximate surface area is 161 Å². The van der Waals surface area contributed by atoms with Crippen molar-refractivity contribution in [1.82, 2.24) is 9.88 Å². The van der Waals surface area contributed by atoms with Crippen molar-refractivity contribution in [3.63, 3.8) is 0 Å². The number of carbonyl (C=O) groups excluding carboxylic acids is 1. The highest BCUT2D eigenvalue weighted by Crippen LogP contribution is 2.28. The molecule has 0 unspecified atom stereocenters. The van der Waals surface area contributed by atoms with Crippen LogP contribution in [0.25, 0.3) is 10.9 Å². The van der Waals surface area contributed by atoms with Crippen molar-refractivity contribution in [2.24, 2.45) is 0 Å². The number of aromatic amines is 1. The van der Waals surface area contributed by atoms with Gasteiger partial charge in [0, 0.05) is 30.2 Å². The van der Waals surface area contributed by atoms with Crippen molar-refractivity contribution in [3.05, 3.63) is 65.0 Å². The van der Waals surface area contributed by atoms with Crippen LogP contribution in [0.3, 0.4) is 0 Å². The summed E-state index contributed by atoms with van der Waals surface area (Å²) in [6, 6.07) is 16.0. The number of anilines is 1. The first-order chi connectivity index (χ1) is 13.7. The van der Waals surface area contributed by atoms with Gasteiger partial charge < -0.3 is 19.8 Å². The number of nitrogens with zero attached hydrogens (tertiary/aromatic N) is 1. The number of hydrogen-bond acceptors (Lipinski definition) is 5. The van der Waals surface area contributed by atoms with Crippen molar-refractivity contribution in [1.29, 1.82) is 0 Å². The first kappa shape index (κ1) is 18.2. The van der Waals surface area contributed by atoms with Crippen LogP contribution < -0.4 is 15.6 Å². The SMILES string of the molecule is O=C(CN1CCOCC1)Nc1ccc(Oc2cc(=O)[nH]c3ccccc23)cc1. The van der Waals surface area contributed by atoms with Crippen LogP contribution in [0.2, 0.25) is 0 Å². The van der Waals surface area contributed by atoms with Gasteiger partial charge in [0.05, 0.1) is 25.3 Å². The highest BCUT2D eigenvalue weighted by molar-refractivity contribution is 5.92. The molecule has 3 aromatic rings. The third kappa shape index (κ3) is 4.39. The molecular weight excluding hydrogens is 358 g/mol. The third-order valence-corrected chi connectivity index (χ3v) is 4.55. The number of hydrogen-bond donors (Lipinski definition) is 2. The van der Waals surface area contributed by atoms with Crippen molar-refractivity contribution < 1.29 is 14.3 Å². The van der Waals surface area contributed by atoms with Crippen LogP contribution in [0.1, 0.15) is 0 Å². The fourth-order valence-corrected chi connectivity index (χ4v) is 3.15. The van der Waals surface area contributed by atoms with E-state index < -0.39 is 0 Å². The summed E-state index contributed by atoms with van der Waals surface area (Å²) in [6.45, 7) is 3.21. The number of morpholine rings is 1. The Bertz CT molecular complexity index is 1020. The summed E-state index contributed by atoms with van der Waals surface area (Å²) in [6.07, 6.45) is 0. The van der Waals surface area contributed by atoms with Crippen LogP contribution in [0.15, 0.2) is 59.4 Å². The van der Waals surface area contributed by atoms with Gasteiger partial charge in [0.1, 0.15) is 11.5 Å². The van der Waals surface area contributed by atoms with E-state index in [0.717, 1.165) is 24.0 Å². The van der Waals surface area contributed by atoms with Crippen LogP contribution >= 0.6 is 0 Å². The summed E-state index contributed by atoms with van der Waals surface area (Å²) in [5.41, 5.74) is 1.19. The van der Waals surface area contributed by atoms with E-state index in [1.807, 2.05) is 24.3 Å². The van der Waals surface area contributed by atoms with E-state index in [2.05, 4.69) is 15.2 Å². The lowest BCUT2D eigenvalue weighted by Crippen LogP contribution is -2.41. The zero-order chi connectivity index (χ0) is 19.3. The van der Waals surface area contributed by atoms with Crippen LogP contribution in [0.5, 0.6) is 11.5 Å². The van der Waals surface area contributed by atoms with Gasteiger partial charge in [0.2, 0.25) is 5.91 Å². The molecule has 28 heavy (non-hydrogen) atoms. The monoisotopic (exact) mass is 379 g/mol. The van der Waals surface area contributed by atoms with E-state index >= 15 is 0 Å². The lowest BCUT2D eigenvalue weighted by molar-refractivity contribution is -0.118. The molecule has 0 radical (unpaired) electrons. The molecule has 1 fully saturated rings. The van der Waals surface area contributed by atoms with Gasteiger partial charge >= 0.3 is 0 Å². The van der Waals surface area contributed by atoms with E-state index in [-0.39, 0.29) is 11.5 Å². The minimum Gasteiger partial charge on any atom is -0.456 e. The van der Waals surface area contributed by atoms with Crippen LogP contribution in [-0.4, -0.2) is 48.6 Å². The number of H-pyrrole nitrogens is 1. The number of aromatic nitrogens is 1. The summed E-state index contributed by atoms with van der Waals surface area (Å²) in [5.74, 6) is 1.02. The molecule has 0 saturated carbocycles. The number of fused-ring (bicyclic) bond motifs is 1. The Kier molecular flexibility index (Phi) is 5.36. The molecule has 1 aliphatic heterocycles. The summed E-state index contributed by atoms with van der Waals surface area (Å²) in [4.78, 5) is 28.9. The summed E-state index contributed by atoms with van der Waals surface area (Å²) >= 11 is 0. The number of para-hydroxylation sites is 1. The maximum absolute atomic E-state index is 12.2. The predicted octanol–water partition coefficient (Wildman–Crippen LogP) is 2.59. The molecule has 0 bridgehead atoms. The summed E-state index contributed by atoms with van der Waals surface area (Å²) in [7, 11) is 0. The average Bonchev–Trinajstić information content (AvgIpc) is 2.70. The first-order valence-corrected chi connectivity index (χ1v) is 9.17. The lowest BCUT2D eigenvalue weighted by atomic mass is 10.2. The molecule has 7 nitrogen and oxygen atoms in total. The molecule has 1 aromatic heterocycles. The summed E-state index contributed by atoms with van der Waals surface area (Å²) in [5, 5.41) is 3.71. The molecular formula is C21H21N3O4. The van der Waals surface area contributed by atoms with E-state index in [4.69, 9.17) is 9.47 Å². The summed E-state index contributed by atoms with van der Waals surface area (Å²) < 4.78 is 11.2. The van der Waals surface area contributed by atoms with E-state index in [1.54, 1.807) is 24.3 Å². The Balaban J connectivity index is 1.42. The Morgan fingerprint density at radius 1 is 1.11 bits per heavy atom. The number of benzene rings is 2. The van der Waals surface area contributed by atoms with E-state index in [1.165, 1.54) is 6.07 Å². The van der Waals surface area contributed by atoms with Crippen LogP contribution in [-0.2, 0) is 9.53 Å². The molecule has 7 heteroatoms. The lowest BCUT2D eigenvalue weighted by Gasteiger charge is -2.25. The van der Waals surface area contributed by atoms with Gasteiger partial charge in [0.15, 0.2) is 0 Å². The number of ether oxygens (including phenoxy) is 2. The molecule has 2 heterocycles. The molecule has 2 N–H and O–H groups in total. The van der Waals surface area contributed by atoms with Gasteiger partial charge in [-0.05, 0) is 36.4 Å². The number of pyridine rings is 1. The highest BCUT2D eigenvalue weighted by Gasteiger charge is 2.14. The Morgan fingerprint density at radius 2 is 1.86 bits per heavy atom. The Hall–Kier alpha value is -3.16. The first-order valence-electron chi connectivity index (χ1n) is 9.17. The topological polar surface area (TPSA) is 83.7 Å². The number of amides is 1. The van der Waals surface area contributed by atoms with Crippen LogP contribution in [0.4, 0.5) is 5.69 Å². The molecule has 144 valence electrons. The molecule has 1 saturated heterocycles. The highest BCUT2D eigenvalue weighted by atomic mass is 16.5. The van der Waals surface area contributed by atoms with E-state index in [0.29, 0.717) is 36.9 Å². The van der Waals surface area contributed by atoms with Gasteiger partial charge in [-0.15, -0.1) is 0 Å². The van der Waals surface area contributed by atoms with Crippen molar-refractivity contribution >= 4 is 22.5 Å². The second kappa shape index (κ2) is 8.24. The zero-order valence-corrected chi connectivity index (χ0v) is 15.3. The molecule has 0 spiro atoms. The predicted molar refractivity (Wildman–Crippen MR) is 107 cm³/mol. The Morgan fingerprint density at radius 3 is 2.64 bits per heavy atom. The smallest absolute Gasteiger partial charge is 0.252 e. The standard InChI is InChI=1S/C21H21N3O4/c25-20-13-19(17-3-1-2-4-18(17)23-20)28-16-7-5-15(6-8-16)22-21(26)14-24-9-11-27-12-10-24/h1-8,13H,9-12,14H2,(H,22,26)(H,23,25). The third-order valence-electron chi connectivity index (χ3n) is 4.55. The van der Waals surface area contributed by atoms with Crippen LogP contribution in [0, 0.1) is 0 Å². The maximum Gasteiger partial charge on any atom is 0.252 e. The maximum atomic E-state index is 12.2. The fraction of sp³-hybridized carbons (Fsp3) is 0.238. The second-order valence-electron chi connectivity index (χ2n) is 6.61. The minimum absolute atomic E-state index is 0.0591. The number of nitrogens with one attached hydrogen (secondary N) is 2. The number of rotatable bonds is 5. The van der Waals surface area contributed by atoms with Gasteiger partial charge in [-0.25, -0.2) is 0 Å². The van der Waals surface area contributed by atoms with Gasteiger partial charge in [-0.1, -0.05) is 12.1 Å². The van der Waals surface area contributed by atoms with Gasteiger partial charge in [0.25, 0.3) is 5.56 Å². The molecule has 4 rings (SSSR count). The normalized spacial score (nSPS) is 14.7. The van der Waals surface area contributed by atoms with Gasteiger partial charge in [-0.2, -0.15) is 0 Å². The molecule has 0 atom stereocenters. The second-order valence-corrected chi connectivity index (χ2v) is 6.61. The quantitative estimate of drug-likeness (QED) is 0.712.